The average molecular weight is 429 g/mol. The molecule has 0 bridgehead atoms. The average Bonchev–Trinajstić information content (AvgIpc) is 3.29. The van der Waals surface area contributed by atoms with E-state index in [2.05, 4.69) is 34.9 Å². The first-order valence-corrected chi connectivity index (χ1v) is 10.9. The predicted octanol–water partition coefficient (Wildman–Crippen LogP) is 5.26. The first-order valence-electron chi connectivity index (χ1n) is 10.9. The molecule has 5 heteroatoms. The molecule has 164 valence electrons. The molecular formula is C27H28N2O3. The molecule has 0 saturated carbocycles. The minimum absolute atomic E-state index is 0.127. The fourth-order valence-electron chi connectivity index (χ4n) is 3.77. The lowest BCUT2D eigenvalue weighted by molar-refractivity contribution is 0.0914. The van der Waals surface area contributed by atoms with Crippen LogP contribution in [0.15, 0.2) is 83.3 Å². The summed E-state index contributed by atoms with van der Waals surface area (Å²) >= 11 is 0. The summed E-state index contributed by atoms with van der Waals surface area (Å²) in [4.78, 5) is 12.9. The minimum Gasteiger partial charge on any atom is -0.493 e. The maximum atomic E-state index is 12.9. The van der Waals surface area contributed by atoms with Gasteiger partial charge in [0, 0.05) is 11.9 Å². The Labute approximate surface area is 188 Å². The summed E-state index contributed by atoms with van der Waals surface area (Å²) in [6.07, 6.45) is 0.955. The molecule has 32 heavy (non-hydrogen) atoms. The van der Waals surface area contributed by atoms with Gasteiger partial charge in [-0.15, -0.1) is 0 Å². The zero-order chi connectivity index (χ0) is 22.3. The summed E-state index contributed by atoms with van der Waals surface area (Å²) in [7, 11) is 1.60. The quantitative estimate of drug-likeness (QED) is 0.357. The Bertz CT molecular complexity index is 1170. The van der Waals surface area contributed by atoms with Gasteiger partial charge in [0.05, 0.1) is 13.2 Å². The second-order valence-corrected chi connectivity index (χ2v) is 7.80. The normalized spacial score (nSPS) is 11.9. The Balaban J connectivity index is 1.48. The highest BCUT2D eigenvalue weighted by Crippen LogP contribution is 2.32. The van der Waals surface area contributed by atoms with E-state index >= 15 is 0 Å². The number of nitrogens with one attached hydrogen (secondary N) is 2. The zero-order valence-corrected chi connectivity index (χ0v) is 18.4. The van der Waals surface area contributed by atoms with Crippen molar-refractivity contribution in [1.82, 2.24) is 10.6 Å². The third-order valence-corrected chi connectivity index (χ3v) is 5.58. The van der Waals surface area contributed by atoms with Crippen molar-refractivity contribution in [3.05, 3.63) is 101 Å². The topological polar surface area (TPSA) is 63.5 Å². The van der Waals surface area contributed by atoms with Crippen LogP contribution in [0.2, 0.25) is 0 Å². The number of hydrogen-bond donors (Lipinski definition) is 2. The van der Waals surface area contributed by atoms with Gasteiger partial charge in [-0.05, 0) is 48.7 Å². The molecular weight excluding hydrogens is 400 g/mol. The van der Waals surface area contributed by atoms with Gasteiger partial charge in [-0.25, -0.2) is 0 Å². The third-order valence-electron chi connectivity index (χ3n) is 5.58. The molecule has 1 amide bonds. The van der Waals surface area contributed by atoms with Gasteiger partial charge in [-0.2, -0.15) is 0 Å². The standard InChI is InChI=1S/C27H28N2O3/c1-19(21-11-7-4-8-12-21)29-27(30)25-17-23-22(13-14-24(31-2)26(23)32-25)18-28-16-15-20-9-5-3-6-10-20/h3-14,17,19,28H,15-16,18H2,1-2H3,(H,29,30). The first-order chi connectivity index (χ1) is 15.7. The minimum atomic E-state index is -0.248. The number of ether oxygens (including phenoxy) is 1. The number of methoxy groups -OCH3 is 1. The smallest absolute Gasteiger partial charge is 0.287 e. The fourth-order valence-corrected chi connectivity index (χ4v) is 3.77. The molecule has 0 spiro atoms. The molecule has 0 fully saturated rings. The highest BCUT2D eigenvalue weighted by atomic mass is 16.5. The van der Waals surface area contributed by atoms with E-state index in [1.165, 1.54) is 5.56 Å². The van der Waals surface area contributed by atoms with Crippen molar-refractivity contribution in [2.75, 3.05) is 13.7 Å². The van der Waals surface area contributed by atoms with Crippen LogP contribution in [0.3, 0.4) is 0 Å². The predicted molar refractivity (Wildman–Crippen MR) is 127 cm³/mol. The Kier molecular flexibility index (Phi) is 6.87. The van der Waals surface area contributed by atoms with Crippen LogP contribution in [0.4, 0.5) is 0 Å². The lowest BCUT2D eigenvalue weighted by Gasteiger charge is -2.12. The molecule has 3 aromatic carbocycles. The molecule has 1 aromatic heterocycles. The van der Waals surface area contributed by atoms with Crippen molar-refractivity contribution in [2.45, 2.75) is 25.9 Å². The molecule has 1 heterocycles. The lowest BCUT2D eigenvalue weighted by Crippen LogP contribution is -2.26. The highest BCUT2D eigenvalue weighted by molar-refractivity contribution is 5.98. The lowest BCUT2D eigenvalue weighted by atomic mass is 10.1. The van der Waals surface area contributed by atoms with Crippen molar-refractivity contribution >= 4 is 16.9 Å². The van der Waals surface area contributed by atoms with Crippen LogP contribution in [0.25, 0.3) is 11.0 Å². The third kappa shape index (κ3) is 5.01. The molecule has 0 saturated heterocycles. The van der Waals surface area contributed by atoms with Crippen LogP contribution < -0.4 is 15.4 Å². The van der Waals surface area contributed by atoms with E-state index < -0.39 is 0 Å². The van der Waals surface area contributed by atoms with Gasteiger partial charge in [0.2, 0.25) is 0 Å². The second kappa shape index (κ2) is 10.2. The van der Waals surface area contributed by atoms with E-state index in [0.29, 0.717) is 17.9 Å². The molecule has 2 N–H and O–H groups in total. The van der Waals surface area contributed by atoms with Gasteiger partial charge in [0.25, 0.3) is 5.91 Å². The Morgan fingerprint density at radius 3 is 2.44 bits per heavy atom. The molecule has 0 aliphatic carbocycles. The number of hydrogen-bond acceptors (Lipinski definition) is 4. The summed E-state index contributed by atoms with van der Waals surface area (Å²) in [6.45, 7) is 3.49. The van der Waals surface area contributed by atoms with Crippen molar-refractivity contribution in [3.63, 3.8) is 0 Å². The van der Waals surface area contributed by atoms with E-state index in [1.54, 1.807) is 13.2 Å². The van der Waals surface area contributed by atoms with Crippen LogP contribution >= 0.6 is 0 Å². The number of benzene rings is 3. The van der Waals surface area contributed by atoms with Gasteiger partial charge in [0.1, 0.15) is 0 Å². The SMILES string of the molecule is COc1ccc(CNCCc2ccccc2)c2cc(C(=O)NC(C)c3ccccc3)oc12. The maximum Gasteiger partial charge on any atom is 0.287 e. The van der Waals surface area contributed by atoms with Crippen molar-refractivity contribution in [2.24, 2.45) is 0 Å². The number of amides is 1. The molecule has 0 radical (unpaired) electrons. The molecule has 4 rings (SSSR count). The number of carbonyl (C=O) groups is 1. The summed E-state index contributed by atoms with van der Waals surface area (Å²) in [6, 6.07) is 25.8. The van der Waals surface area contributed by atoms with Gasteiger partial charge < -0.3 is 19.8 Å². The van der Waals surface area contributed by atoms with Crippen LogP contribution in [-0.2, 0) is 13.0 Å². The number of carbonyl (C=O) groups excluding carboxylic acids is 1. The Morgan fingerprint density at radius 1 is 1.00 bits per heavy atom. The van der Waals surface area contributed by atoms with Gasteiger partial charge in [0.15, 0.2) is 17.1 Å². The van der Waals surface area contributed by atoms with E-state index in [0.717, 1.165) is 29.5 Å². The highest BCUT2D eigenvalue weighted by Gasteiger charge is 2.19. The fraction of sp³-hybridized carbons (Fsp3) is 0.222. The van der Waals surface area contributed by atoms with E-state index in [9.17, 15) is 4.79 Å². The van der Waals surface area contributed by atoms with Gasteiger partial charge in [-0.3, -0.25) is 4.79 Å². The van der Waals surface area contributed by atoms with Crippen molar-refractivity contribution < 1.29 is 13.9 Å². The Hall–Kier alpha value is -3.57. The molecule has 5 nitrogen and oxygen atoms in total. The zero-order valence-electron chi connectivity index (χ0n) is 18.4. The Morgan fingerprint density at radius 2 is 1.72 bits per heavy atom. The van der Waals surface area contributed by atoms with Crippen LogP contribution in [0.5, 0.6) is 5.75 Å². The van der Waals surface area contributed by atoms with Crippen LogP contribution in [0, 0.1) is 0 Å². The van der Waals surface area contributed by atoms with Gasteiger partial charge in [-0.1, -0.05) is 66.7 Å². The number of rotatable bonds is 9. The molecule has 4 aromatic rings. The molecule has 1 atom stereocenters. The van der Waals surface area contributed by atoms with Crippen LogP contribution in [0.1, 0.15) is 40.2 Å². The van der Waals surface area contributed by atoms with Gasteiger partial charge >= 0.3 is 0 Å². The molecule has 0 aliphatic heterocycles. The second-order valence-electron chi connectivity index (χ2n) is 7.80. The number of furan rings is 1. The molecule has 1 unspecified atom stereocenters. The van der Waals surface area contributed by atoms with Crippen molar-refractivity contribution in [1.29, 1.82) is 0 Å². The monoisotopic (exact) mass is 428 g/mol. The largest absolute Gasteiger partial charge is 0.493 e. The summed E-state index contributed by atoms with van der Waals surface area (Å²) in [5, 5.41) is 7.38. The van der Waals surface area contributed by atoms with E-state index in [-0.39, 0.29) is 17.7 Å². The maximum absolute atomic E-state index is 12.9. The van der Waals surface area contributed by atoms with Crippen molar-refractivity contribution in [3.8, 4) is 5.75 Å². The van der Waals surface area contributed by atoms with E-state index in [4.69, 9.17) is 9.15 Å². The van der Waals surface area contributed by atoms with Crippen LogP contribution in [-0.4, -0.2) is 19.6 Å². The number of fused-ring (bicyclic) bond motifs is 1. The summed E-state index contributed by atoms with van der Waals surface area (Å²) in [5.74, 6) is 0.642. The summed E-state index contributed by atoms with van der Waals surface area (Å²) < 4.78 is 11.4. The van der Waals surface area contributed by atoms with E-state index in [1.807, 2.05) is 55.5 Å². The summed E-state index contributed by atoms with van der Waals surface area (Å²) in [5.41, 5.74) is 3.99. The molecule has 0 aliphatic rings. The first kappa shape index (κ1) is 21.7.